The summed E-state index contributed by atoms with van der Waals surface area (Å²) in [5.41, 5.74) is 2.54. The number of ketones is 1. The molecule has 0 unspecified atom stereocenters. The molecule has 1 fully saturated rings. The Hall–Kier alpha value is -1.43. The van der Waals surface area contributed by atoms with Crippen molar-refractivity contribution in [3.63, 3.8) is 0 Å². The van der Waals surface area contributed by atoms with Crippen LogP contribution >= 0.6 is 15.9 Å². The number of fused-ring (bicyclic) bond motifs is 3. The molecule has 3 rings (SSSR count). The average Bonchev–Trinajstić information content (AvgIpc) is 2.96. The lowest BCUT2D eigenvalue weighted by Gasteiger charge is -2.29. The largest absolute Gasteiger partial charge is 0.461 e. The van der Waals surface area contributed by atoms with Gasteiger partial charge in [0.25, 0.3) is 0 Å². The number of ether oxygens (including phenoxy) is 2. The van der Waals surface area contributed by atoms with Crippen LogP contribution in [0.25, 0.3) is 0 Å². The Morgan fingerprint density at radius 1 is 1.40 bits per heavy atom. The zero-order valence-electron chi connectivity index (χ0n) is 14.9. The first-order valence-electron chi connectivity index (χ1n) is 8.73. The standard InChI is InChI=1S/C19H23BrO5/c1-5-11(20)19(23)24-13-7-9(3)14-12(21)6-8(2)15(14)17-16(13)10(4)18(22)25-17/h6,10-11,13,15-17H,5,7H2,1-4H3/t10-,11+,13-,15+,16-,17-/m1/s1. The van der Waals surface area contributed by atoms with E-state index in [2.05, 4.69) is 15.9 Å². The average molecular weight is 411 g/mol. The highest BCUT2D eigenvalue weighted by molar-refractivity contribution is 9.10. The number of carbonyl (C=O) groups excluding carboxylic acids is 3. The third-order valence-corrected chi connectivity index (χ3v) is 6.63. The second-order valence-electron chi connectivity index (χ2n) is 7.25. The first-order chi connectivity index (χ1) is 11.8. The maximum absolute atomic E-state index is 12.4. The topological polar surface area (TPSA) is 69.7 Å². The lowest BCUT2D eigenvalue weighted by Crippen LogP contribution is -2.39. The summed E-state index contributed by atoms with van der Waals surface area (Å²) in [5, 5.41) is 0. The molecule has 0 radical (unpaired) electrons. The molecule has 136 valence electrons. The molecular formula is C19H23BrO5. The van der Waals surface area contributed by atoms with Gasteiger partial charge in [0.1, 0.15) is 17.0 Å². The maximum Gasteiger partial charge on any atom is 0.320 e. The van der Waals surface area contributed by atoms with Crippen molar-refractivity contribution in [2.45, 2.75) is 57.6 Å². The predicted octanol–water partition coefficient (Wildman–Crippen LogP) is 3.11. The SMILES string of the molecule is CC[C@H](Br)C(=O)O[C@@H]1CC(C)=C2C(=O)C=C(C)[C@@H]2[C@H]2OC(=O)[C@H](C)[C@@H]21. The van der Waals surface area contributed by atoms with Gasteiger partial charge in [-0.1, -0.05) is 40.9 Å². The molecule has 2 aliphatic carbocycles. The van der Waals surface area contributed by atoms with Gasteiger partial charge in [0.05, 0.1) is 5.92 Å². The lowest BCUT2D eigenvalue weighted by atomic mass is 9.79. The Morgan fingerprint density at radius 2 is 2.08 bits per heavy atom. The second kappa shape index (κ2) is 6.71. The van der Waals surface area contributed by atoms with E-state index < -0.39 is 12.2 Å². The Balaban J connectivity index is 2.00. The van der Waals surface area contributed by atoms with Crippen LogP contribution in [0.3, 0.4) is 0 Å². The van der Waals surface area contributed by atoms with Gasteiger partial charge in [-0.25, -0.2) is 0 Å². The van der Waals surface area contributed by atoms with Crippen LogP contribution in [0.4, 0.5) is 0 Å². The molecule has 6 atom stereocenters. The number of esters is 2. The van der Waals surface area contributed by atoms with Crippen LogP contribution in [0.1, 0.15) is 40.5 Å². The highest BCUT2D eigenvalue weighted by atomic mass is 79.9. The summed E-state index contributed by atoms with van der Waals surface area (Å²) in [6.07, 6.45) is 1.79. The van der Waals surface area contributed by atoms with Crippen molar-refractivity contribution in [3.8, 4) is 0 Å². The Kier molecular flexibility index (Phi) is 4.93. The van der Waals surface area contributed by atoms with Crippen molar-refractivity contribution >= 4 is 33.7 Å². The highest BCUT2D eigenvalue weighted by Crippen LogP contribution is 2.48. The van der Waals surface area contributed by atoms with Crippen LogP contribution in [0.2, 0.25) is 0 Å². The molecule has 0 aromatic carbocycles. The molecule has 0 aromatic heterocycles. The zero-order valence-corrected chi connectivity index (χ0v) is 16.5. The van der Waals surface area contributed by atoms with Crippen molar-refractivity contribution in [2.24, 2.45) is 17.8 Å². The minimum atomic E-state index is -0.468. The molecular weight excluding hydrogens is 388 g/mol. The van der Waals surface area contributed by atoms with E-state index in [9.17, 15) is 14.4 Å². The number of hydrogen-bond donors (Lipinski definition) is 0. The molecule has 25 heavy (non-hydrogen) atoms. The molecule has 0 saturated carbocycles. The third-order valence-electron chi connectivity index (χ3n) is 5.61. The Labute approximate surface area is 155 Å². The summed E-state index contributed by atoms with van der Waals surface area (Å²) in [7, 11) is 0. The summed E-state index contributed by atoms with van der Waals surface area (Å²) in [6.45, 7) is 7.52. The number of allylic oxidation sites excluding steroid dienone is 1. The number of rotatable bonds is 3. The molecule has 1 saturated heterocycles. The Morgan fingerprint density at radius 3 is 2.72 bits per heavy atom. The molecule has 0 spiro atoms. The minimum Gasteiger partial charge on any atom is -0.461 e. The van der Waals surface area contributed by atoms with Gasteiger partial charge in [-0.2, -0.15) is 0 Å². The smallest absolute Gasteiger partial charge is 0.320 e. The van der Waals surface area contributed by atoms with Crippen LogP contribution in [0, 0.1) is 17.8 Å². The number of halogens is 1. The summed E-state index contributed by atoms with van der Waals surface area (Å²) in [6, 6.07) is 0. The quantitative estimate of drug-likeness (QED) is 0.527. The van der Waals surface area contributed by atoms with Crippen LogP contribution in [-0.4, -0.2) is 34.8 Å². The summed E-state index contributed by atoms with van der Waals surface area (Å²) < 4.78 is 11.4. The molecule has 0 bridgehead atoms. The summed E-state index contributed by atoms with van der Waals surface area (Å²) >= 11 is 3.32. The van der Waals surface area contributed by atoms with E-state index in [0.717, 1.165) is 11.1 Å². The van der Waals surface area contributed by atoms with Gasteiger partial charge in [0.15, 0.2) is 5.78 Å². The lowest BCUT2D eigenvalue weighted by molar-refractivity contribution is -0.152. The highest BCUT2D eigenvalue weighted by Gasteiger charge is 2.55. The fraction of sp³-hybridized carbons (Fsp3) is 0.632. The van der Waals surface area contributed by atoms with E-state index in [4.69, 9.17) is 9.47 Å². The predicted molar refractivity (Wildman–Crippen MR) is 95.0 cm³/mol. The van der Waals surface area contributed by atoms with Gasteiger partial charge in [0.2, 0.25) is 0 Å². The number of alkyl halides is 1. The minimum absolute atomic E-state index is 0.0201. The fourth-order valence-corrected chi connectivity index (χ4v) is 4.41. The maximum atomic E-state index is 12.4. The van der Waals surface area contributed by atoms with Crippen LogP contribution in [0.5, 0.6) is 0 Å². The normalized spacial score (nSPS) is 35.6. The molecule has 0 aromatic rings. The molecule has 5 nitrogen and oxygen atoms in total. The first-order valence-corrected chi connectivity index (χ1v) is 9.65. The zero-order chi connectivity index (χ0) is 18.5. The van der Waals surface area contributed by atoms with Gasteiger partial charge in [-0.15, -0.1) is 0 Å². The monoisotopic (exact) mass is 410 g/mol. The van der Waals surface area contributed by atoms with E-state index in [1.54, 1.807) is 6.08 Å². The molecule has 0 amide bonds. The summed E-state index contributed by atoms with van der Waals surface area (Å²) in [4.78, 5) is 36.6. The van der Waals surface area contributed by atoms with E-state index in [-0.39, 0.29) is 40.3 Å². The van der Waals surface area contributed by atoms with E-state index in [0.29, 0.717) is 18.4 Å². The number of carbonyl (C=O) groups is 3. The second-order valence-corrected chi connectivity index (χ2v) is 8.35. The van der Waals surface area contributed by atoms with Gasteiger partial charge in [0, 0.05) is 23.8 Å². The molecule has 1 heterocycles. The van der Waals surface area contributed by atoms with Gasteiger partial charge in [-0.3, -0.25) is 14.4 Å². The fourth-order valence-electron chi connectivity index (χ4n) is 4.30. The molecule has 1 aliphatic heterocycles. The van der Waals surface area contributed by atoms with Crippen molar-refractivity contribution in [1.29, 1.82) is 0 Å². The van der Waals surface area contributed by atoms with Crippen LogP contribution in [-0.2, 0) is 23.9 Å². The summed E-state index contributed by atoms with van der Waals surface area (Å²) in [5.74, 6) is -1.47. The van der Waals surface area contributed by atoms with Crippen molar-refractivity contribution < 1.29 is 23.9 Å². The van der Waals surface area contributed by atoms with E-state index in [1.165, 1.54) is 0 Å². The molecule has 3 aliphatic rings. The van der Waals surface area contributed by atoms with Gasteiger partial charge in [-0.05, 0) is 26.3 Å². The first kappa shape index (κ1) is 18.4. The van der Waals surface area contributed by atoms with Crippen molar-refractivity contribution in [3.05, 3.63) is 22.8 Å². The van der Waals surface area contributed by atoms with Crippen LogP contribution < -0.4 is 0 Å². The van der Waals surface area contributed by atoms with E-state index >= 15 is 0 Å². The van der Waals surface area contributed by atoms with Gasteiger partial charge < -0.3 is 9.47 Å². The molecule has 0 N–H and O–H groups in total. The van der Waals surface area contributed by atoms with E-state index in [1.807, 2.05) is 27.7 Å². The number of hydrogen-bond acceptors (Lipinski definition) is 5. The molecule has 6 heteroatoms. The third kappa shape index (κ3) is 2.98. The van der Waals surface area contributed by atoms with Crippen molar-refractivity contribution in [2.75, 3.05) is 0 Å². The van der Waals surface area contributed by atoms with Crippen molar-refractivity contribution in [1.82, 2.24) is 0 Å². The van der Waals surface area contributed by atoms with Crippen LogP contribution in [0.15, 0.2) is 22.8 Å². The van der Waals surface area contributed by atoms with Gasteiger partial charge >= 0.3 is 11.9 Å². The Bertz CT molecular complexity index is 692.